The molecular formula is C32H46N6O2. The maximum atomic E-state index is 12.5. The van der Waals surface area contributed by atoms with Crippen molar-refractivity contribution in [3.05, 3.63) is 48.0 Å². The summed E-state index contributed by atoms with van der Waals surface area (Å²) in [5.41, 5.74) is 3.42. The monoisotopic (exact) mass is 546 g/mol. The topological polar surface area (TPSA) is 83.9 Å². The van der Waals surface area contributed by atoms with Gasteiger partial charge in [-0.3, -0.25) is 20.3 Å². The number of carbonyl (C=O) groups excluding carboxylic acids is 1. The van der Waals surface area contributed by atoms with Crippen molar-refractivity contribution in [2.75, 3.05) is 39.8 Å². The maximum Gasteiger partial charge on any atom is 0.246 e. The minimum Gasteiger partial charge on any atom is -0.348 e. The van der Waals surface area contributed by atoms with Crippen LogP contribution < -0.4 is 10.6 Å². The maximum absolute atomic E-state index is 12.5. The second-order valence-corrected chi connectivity index (χ2v) is 13.0. The molecule has 216 valence electrons. The number of nitrogens with zero attached hydrogens (tertiary/aromatic N) is 4. The van der Waals surface area contributed by atoms with Crippen LogP contribution in [0.2, 0.25) is 0 Å². The molecule has 1 aromatic rings. The fraction of sp³-hybridized carbons (Fsp3) is 0.688. The molecule has 4 unspecified atom stereocenters. The standard InChI is InChI=1S/C32H46N6O2/c1-3-29(39)38-18-17-37(21-25(38)12-15-33)30-27-11-14-32(13-10-23-7-4-5-8-24(23)19-32)20-28(27)34-31(35-30)40-22-26-9-6-16-36(26)2/h3-5,7-8,25-28,30-31,34-35H,1,6,9-14,16-22H2,2H3/t25-,26-,27?,28?,30?,31?,32+/m0/s1. The van der Waals surface area contributed by atoms with Crippen LogP contribution in [0.15, 0.2) is 36.9 Å². The number of likely N-dealkylation sites (N-methyl/N-ethyl adjacent to an activating group) is 1. The van der Waals surface area contributed by atoms with Crippen molar-refractivity contribution in [3.63, 3.8) is 0 Å². The molecule has 1 saturated carbocycles. The van der Waals surface area contributed by atoms with Gasteiger partial charge in [-0.1, -0.05) is 30.8 Å². The van der Waals surface area contributed by atoms with E-state index in [0.717, 1.165) is 19.7 Å². The lowest BCUT2D eigenvalue weighted by molar-refractivity contribution is -0.137. The van der Waals surface area contributed by atoms with E-state index in [1.165, 1.54) is 68.6 Å². The van der Waals surface area contributed by atoms with E-state index in [-0.39, 0.29) is 24.5 Å². The SMILES string of the molecule is C=CC(=O)N1CCN(C2NC(OC[C@@H]3CCCN3C)NC3C[C@]4(CCc5ccccc5C4)CCC32)C[C@@H]1CC#N. The van der Waals surface area contributed by atoms with Crippen LogP contribution in [0.25, 0.3) is 0 Å². The van der Waals surface area contributed by atoms with Crippen LogP contribution in [0, 0.1) is 22.7 Å². The molecule has 0 aromatic heterocycles. The normalized spacial score (nSPS) is 36.5. The molecule has 3 heterocycles. The van der Waals surface area contributed by atoms with Gasteiger partial charge in [0.15, 0.2) is 6.35 Å². The minimum atomic E-state index is -0.200. The third-order valence-corrected chi connectivity index (χ3v) is 10.7. The summed E-state index contributed by atoms with van der Waals surface area (Å²) in [5.74, 6) is 0.385. The molecule has 3 aliphatic heterocycles. The number of rotatable bonds is 6. The number of aryl methyl sites for hydroxylation is 1. The van der Waals surface area contributed by atoms with Gasteiger partial charge >= 0.3 is 0 Å². The van der Waals surface area contributed by atoms with E-state index in [0.29, 0.717) is 42.9 Å². The molecule has 0 bridgehead atoms. The molecule has 8 heteroatoms. The molecule has 1 amide bonds. The molecule has 1 spiro atoms. The molecule has 7 atom stereocenters. The van der Waals surface area contributed by atoms with Gasteiger partial charge < -0.3 is 14.5 Å². The Labute approximate surface area is 239 Å². The zero-order chi connectivity index (χ0) is 27.7. The molecule has 6 rings (SSSR count). The predicted octanol–water partition coefficient (Wildman–Crippen LogP) is 2.86. The Kier molecular flexibility index (Phi) is 8.30. The predicted molar refractivity (Wildman–Crippen MR) is 155 cm³/mol. The lowest BCUT2D eigenvalue weighted by atomic mass is 9.59. The largest absolute Gasteiger partial charge is 0.348 e. The van der Waals surface area contributed by atoms with E-state index >= 15 is 0 Å². The number of amides is 1. The number of nitrogens with one attached hydrogen (secondary N) is 2. The average Bonchev–Trinajstić information content (AvgIpc) is 3.39. The molecular weight excluding hydrogens is 500 g/mol. The number of likely N-dealkylation sites (tertiary alicyclic amines) is 1. The van der Waals surface area contributed by atoms with Crippen molar-refractivity contribution in [3.8, 4) is 6.07 Å². The van der Waals surface area contributed by atoms with E-state index in [1.807, 2.05) is 4.90 Å². The van der Waals surface area contributed by atoms with Gasteiger partial charge in [0.1, 0.15) is 0 Å². The smallest absolute Gasteiger partial charge is 0.246 e. The van der Waals surface area contributed by atoms with Crippen LogP contribution in [-0.4, -0.2) is 91.1 Å². The first-order chi connectivity index (χ1) is 19.5. The highest BCUT2D eigenvalue weighted by Crippen LogP contribution is 2.49. The molecule has 40 heavy (non-hydrogen) atoms. The van der Waals surface area contributed by atoms with Crippen molar-refractivity contribution in [2.24, 2.45) is 11.3 Å². The Hall–Kier alpha value is -2.28. The van der Waals surface area contributed by atoms with Gasteiger partial charge in [-0.05, 0) is 87.6 Å². The second kappa shape index (κ2) is 11.9. The second-order valence-electron chi connectivity index (χ2n) is 13.0. The lowest BCUT2D eigenvalue weighted by Gasteiger charge is -2.56. The molecule has 3 saturated heterocycles. The average molecular weight is 547 g/mol. The van der Waals surface area contributed by atoms with Crippen molar-refractivity contribution >= 4 is 5.91 Å². The summed E-state index contributed by atoms with van der Waals surface area (Å²) in [6.07, 6.45) is 11.3. The summed E-state index contributed by atoms with van der Waals surface area (Å²) >= 11 is 0. The number of nitriles is 1. The highest BCUT2D eigenvalue weighted by Gasteiger charge is 2.50. The fourth-order valence-corrected chi connectivity index (χ4v) is 8.42. The Bertz CT molecular complexity index is 1120. The van der Waals surface area contributed by atoms with E-state index in [4.69, 9.17) is 4.74 Å². The van der Waals surface area contributed by atoms with Crippen LogP contribution in [0.4, 0.5) is 0 Å². The number of piperazine rings is 1. The third-order valence-electron chi connectivity index (χ3n) is 10.7. The number of hydrogen-bond donors (Lipinski definition) is 2. The van der Waals surface area contributed by atoms with Gasteiger partial charge in [0.05, 0.1) is 31.3 Å². The molecule has 1 aromatic carbocycles. The first-order valence-electron chi connectivity index (χ1n) is 15.4. The Morgan fingerprint density at radius 3 is 2.80 bits per heavy atom. The van der Waals surface area contributed by atoms with E-state index < -0.39 is 0 Å². The molecule has 0 radical (unpaired) electrons. The van der Waals surface area contributed by atoms with Crippen molar-refractivity contribution in [1.82, 2.24) is 25.3 Å². The van der Waals surface area contributed by atoms with Gasteiger partial charge in [-0.25, -0.2) is 0 Å². The van der Waals surface area contributed by atoms with Gasteiger partial charge in [-0.2, -0.15) is 5.26 Å². The number of hydrogen-bond acceptors (Lipinski definition) is 7. The first-order valence-corrected chi connectivity index (χ1v) is 15.4. The highest BCUT2D eigenvalue weighted by molar-refractivity contribution is 5.87. The van der Waals surface area contributed by atoms with Gasteiger partial charge in [-0.15, -0.1) is 0 Å². The van der Waals surface area contributed by atoms with E-state index in [9.17, 15) is 10.1 Å². The molecule has 2 aliphatic carbocycles. The van der Waals surface area contributed by atoms with Crippen LogP contribution in [0.5, 0.6) is 0 Å². The molecule has 5 aliphatic rings. The minimum absolute atomic E-state index is 0.0740. The van der Waals surface area contributed by atoms with Crippen molar-refractivity contribution < 1.29 is 9.53 Å². The molecule has 2 N–H and O–H groups in total. The Morgan fingerprint density at radius 2 is 2.02 bits per heavy atom. The Morgan fingerprint density at radius 1 is 1.18 bits per heavy atom. The number of ether oxygens (including phenoxy) is 1. The number of carbonyl (C=O) groups is 1. The fourth-order valence-electron chi connectivity index (χ4n) is 8.42. The lowest BCUT2D eigenvalue weighted by Crippen LogP contribution is -2.72. The summed E-state index contributed by atoms with van der Waals surface area (Å²) in [6.45, 7) is 7.67. The van der Waals surface area contributed by atoms with Crippen LogP contribution >= 0.6 is 0 Å². The highest BCUT2D eigenvalue weighted by atomic mass is 16.5. The van der Waals surface area contributed by atoms with Gasteiger partial charge in [0, 0.05) is 37.6 Å². The summed E-state index contributed by atoms with van der Waals surface area (Å²) in [6, 6.07) is 12.1. The van der Waals surface area contributed by atoms with E-state index in [2.05, 4.69) is 64.4 Å². The summed E-state index contributed by atoms with van der Waals surface area (Å²) in [4.78, 5) is 19.3. The van der Waals surface area contributed by atoms with Crippen LogP contribution in [-0.2, 0) is 22.4 Å². The summed E-state index contributed by atoms with van der Waals surface area (Å²) in [5, 5.41) is 17.3. The summed E-state index contributed by atoms with van der Waals surface area (Å²) < 4.78 is 6.57. The van der Waals surface area contributed by atoms with Crippen LogP contribution in [0.1, 0.15) is 56.1 Å². The third kappa shape index (κ3) is 5.60. The number of fused-ring (bicyclic) bond motifs is 2. The molecule has 8 nitrogen and oxygen atoms in total. The zero-order valence-electron chi connectivity index (χ0n) is 24.1. The Balaban J connectivity index is 1.20. The quantitative estimate of drug-likeness (QED) is 0.531. The van der Waals surface area contributed by atoms with Crippen molar-refractivity contribution in [1.29, 1.82) is 5.26 Å². The van der Waals surface area contributed by atoms with Crippen molar-refractivity contribution in [2.45, 2.75) is 88.4 Å². The number of benzene rings is 1. The van der Waals surface area contributed by atoms with E-state index in [1.54, 1.807) is 0 Å². The summed E-state index contributed by atoms with van der Waals surface area (Å²) in [7, 11) is 2.20. The van der Waals surface area contributed by atoms with Gasteiger partial charge in [0.2, 0.25) is 5.91 Å². The molecule has 4 fully saturated rings. The first kappa shape index (κ1) is 27.9. The zero-order valence-corrected chi connectivity index (χ0v) is 24.1. The van der Waals surface area contributed by atoms with Crippen LogP contribution in [0.3, 0.4) is 0 Å². The van der Waals surface area contributed by atoms with Gasteiger partial charge in [0.25, 0.3) is 0 Å².